The lowest BCUT2D eigenvalue weighted by molar-refractivity contribution is 0.596. The van der Waals surface area contributed by atoms with Crippen LogP contribution in [0.3, 0.4) is 0 Å². The van der Waals surface area contributed by atoms with Crippen LogP contribution in [0.4, 0.5) is 4.39 Å². The maximum atomic E-state index is 13.6. The number of benzene rings is 1. The van der Waals surface area contributed by atoms with Crippen LogP contribution in [0, 0.1) is 5.82 Å². The van der Waals surface area contributed by atoms with Crippen molar-refractivity contribution in [3.8, 4) is 0 Å². The fourth-order valence-corrected chi connectivity index (χ4v) is 2.41. The molecule has 1 heterocycles. The average molecular weight is 232 g/mol. The molecule has 0 amide bonds. The second-order valence-corrected chi connectivity index (χ2v) is 5.23. The summed E-state index contributed by atoms with van der Waals surface area (Å²) < 4.78 is 15.7. The zero-order valence-corrected chi connectivity index (χ0v) is 10.0. The lowest BCUT2D eigenvalue weighted by Gasteiger charge is -2.08. The molecule has 2 aromatic rings. The summed E-state index contributed by atoms with van der Waals surface area (Å²) >= 11 is 0. The smallest absolute Gasteiger partial charge is 0.132 e. The largest absolute Gasteiger partial charge is 0.348 e. The van der Waals surface area contributed by atoms with Crippen molar-refractivity contribution < 1.29 is 4.39 Å². The van der Waals surface area contributed by atoms with Gasteiger partial charge in [-0.15, -0.1) is 0 Å². The van der Waals surface area contributed by atoms with Gasteiger partial charge in [0.2, 0.25) is 0 Å². The van der Waals surface area contributed by atoms with Crippen LogP contribution in [-0.4, -0.2) is 10.1 Å². The standard InChI is InChI=1S/C14H17FN2/c1-17-10(5-6-14(16)7-8-14)9-11-12(15)3-2-4-13(11)17/h2-4,9H,5-8,16H2,1H3. The van der Waals surface area contributed by atoms with E-state index in [9.17, 15) is 4.39 Å². The quantitative estimate of drug-likeness (QED) is 0.866. The first kappa shape index (κ1) is 10.8. The van der Waals surface area contributed by atoms with Crippen LogP contribution in [0.1, 0.15) is 25.0 Å². The van der Waals surface area contributed by atoms with E-state index in [2.05, 4.69) is 4.57 Å². The summed E-state index contributed by atoms with van der Waals surface area (Å²) in [6, 6.07) is 7.18. The van der Waals surface area contributed by atoms with E-state index in [4.69, 9.17) is 5.73 Å². The molecule has 1 aliphatic carbocycles. The van der Waals surface area contributed by atoms with Gasteiger partial charge in [-0.1, -0.05) is 6.07 Å². The molecule has 1 aliphatic rings. The third kappa shape index (κ3) is 1.84. The Hall–Kier alpha value is -1.35. The number of fused-ring (bicyclic) bond motifs is 1. The number of nitrogens with zero attached hydrogens (tertiary/aromatic N) is 1. The topological polar surface area (TPSA) is 30.9 Å². The van der Waals surface area contributed by atoms with Crippen molar-refractivity contribution in [1.29, 1.82) is 0 Å². The number of rotatable bonds is 3. The molecular weight excluding hydrogens is 215 g/mol. The monoisotopic (exact) mass is 232 g/mol. The Kier molecular flexibility index (Phi) is 2.26. The average Bonchev–Trinajstić information content (AvgIpc) is 2.95. The lowest BCUT2D eigenvalue weighted by Crippen LogP contribution is -2.22. The molecule has 2 N–H and O–H groups in total. The maximum absolute atomic E-state index is 13.6. The Morgan fingerprint density at radius 1 is 1.41 bits per heavy atom. The van der Waals surface area contributed by atoms with Crippen LogP contribution >= 0.6 is 0 Å². The summed E-state index contributed by atoms with van der Waals surface area (Å²) in [4.78, 5) is 0. The van der Waals surface area contributed by atoms with Crippen molar-refractivity contribution >= 4 is 10.9 Å². The van der Waals surface area contributed by atoms with Crippen LogP contribution < -0.4 is 5.73 Å². The minimum Gasteiger partial charge on any atom is -0.348 e. The van der Waals surface area contributed by atoms with Crippen molar-refractivity contribution in [2.75, 3.05) is 0 Å². The van der Waals surface area contributed by atoms with Crippen molar-refractivity contribution in [3.63, 3.8) is 0 Å². The van der Waals surface area contributed by atoms with Gasteiger partial charge < -0.3 is 10.3 Å². The van der Waals surface area contributed by atoms with E-state index in [1.165, 1.54) is 11.8 Å². The van der Waals surface area contributed by atoms with Gasteiger partial charge in [0.1, 0.15) is 5.82 Å². The predicted molar refractivity (Wildman–Crippen MR) is 67.4 cm³/mol. The third-order valence-corrected chi connectivity index (χ3v) is 3.90. The van der Waals surface area contributed by atoms with E-state index >= 15 is 0 Å². The fourth-order valence-electron chi connectivity index (χ4n) is 2.41. The lowest BCUT2D eigenvalue weighted by atomic mass is 10.1. The number of hydrogen-bond donors (Lipinski definition) is 1. The molecule has 3 heteroatoms. The summed E-state index contributed by atoms with van der Waals surface area (Å²) in [6.45, 7) is 0. The van der Waals surface area contributed by atoms with Gasteiger partial charge in [-0.05, 0) is 43.9 Å². The van der Waals surface area contributed by atoms with Crippen molar-refractivity contribution in [2.45, 2.75) is 31.2 Å². The van der Waals surface area contributed by atoms with Crippen molar-refractivity contribution in [2.24, 2.45) is 12.8 Å². The van der Waals surface area contributed by atoms with Gasteiger partial charge in [0.05, 0.1) is 5.52 Å². The zero-order valence-electron chi connectivity index (χ0n) is 10.0. The van der Waals surface area contributed by atoms with E-state index in [0.29, 0.717) is 5.39 Å². The van der Waals surface area contributed by atoms with Gasteiger partial charge in [-0.3, -0.25) is 0 Å². The highest BCUT2D eigenvalue weighted by molar-refractivity contribution is 5.81. The Labute approximate surface area is 100 Å². The first-order valence-corrected chi connectivity index (χ1v) is 6.11. The second kappa shape index (κ2) is 3.57. The summed E-state index contributed by atoms with van der Waals surface area (Å²) in [5.74, 6) is -0.141. The molecule has 2 nitrogen and oxygen atoms in total. The van der Waals surface area contributed by atoms with E-state index < -0.39 is 0 Å². The van der Waals surface area contributed by atoms with E-state index in [1.54, 1.807) is 6.07 Å². The minimum atomic E-state index is -0.141. The van der Waals surface area contributed by atoms with Crippen LogP contribution in [0.5, 0.6) is 0 Å². The molecule has 1 saturated carbocycles. The number of aromatic nitrogens is 1. The van der Waals surface area contributed by atoms with Gasteiger partial charge in [0.15, 0.2) is 0 Å². The highest BCUT2D eigenvalue weighted by Crippen LogP contribution is 2.37. The van der Waals surface area contributed by atoms with Crippen molar-refractivity contribution in [3.05, 3.63) is 35.8 Å². The van der Waals surface area contributed by atoms with Crippen molar-refractivity contribution in [1.82, 2.24) is 4.57 Å². The van der Waals surface area contributed by atoms with E-state index in [1.807, 2.05) is 19.2 Å². The molecule has 0 atom stereocenters. The third-order valence-electron chi connectivity index (χ3n) is 3.90. The Morgan fingerprint density at radius 3 is 2.82 bits per heavy atom. The number of halogens is 1. The molecule has 1 fully saturated rings. The molecule has 90 valence electrons. The van der Waals surface area contributed by atoms with E-state index in [0.717, 1.165) is 31.2 Å². The summed E-state index contributed by atoms with van der Waals surface area (Å²) in [5, 5.41) is 0.715. The molecule has 17 heavy (non-hydrogen) atoms. The molecule has 0 saturated heterocycles. The van der Waals surface area contributed by atoms with Gasteiger partial charge in [0.25, 0.3) is 0 Å². The highest BCUT2D eigenvalue weighted by Gasteiger charge is 2.37. The maximum Gasteiger partial charge on any atom is 0.132 e. The van der Waals surface area contributed by atoms with Crippen LogP contribution in [-0.2, 0) is 13.5 Å². The molecule has 0 spiro atoms. The molecular formula is C14H17FN2. The Morgan fingerprint density at radius 2 is 2.18 bits per heavy atom. The number of nitrogens with two attached hydrogens (primary N) is 1. The van der Waals surface area contributed by atoms with Gasteiger partial charge in [-0.25, -0.2) is 4.39 Å². The first-order chi connectivity index (χ1) is 8.09. The van der Waals surface area contributed by atoms with Crippen LogP contribution in [0.2, 0.25) is 0 Å². The normalized spacial score (nSPS) is 17.6. The Bertz CT molecular complexity index is 567. The van der Waals surface area contributed by atoms with Crippen LogP contribution in [0.25, 0.3) is 10.9 Å². The molecule has 0 aliphatic heterocycles. The van der Waals surface area contributed by atoms with Gasteiger partial charge >= 0.3 is 0 Å². The summed E-state index contributed by atoms with van der Waals surface area (Å²) in [5.41, 5.74) is 8.28. The minimum absolute atomic E-state index is 0.0645. The fraction of sp³-hybridized carbons (Fsp3) is 0.429. The predicted octanol–water partition coefficient (Wildman–Crippen LogP) is 2.74. The Balaban J connectivity index is 1.94. The molecule has 0 radical (unpaired) electrons. The second-order valence-electron chi connectivity index (χ2n) is 5.23. The molecule has 0 unspecified atom stereocenters. The summed E-state index contributed by atoms with van der Waals surface area (Å²) in [7, 11) is 1.99. The number of aryl methyl sites for hydroxylation is 2. The van der Waals surface area contributed by atoms with Gasteiger partial charge in [0, 0.05) is 23.7 Å². The first-order valence-electron chi connectivity index (χ1n) is 6.11. The molecule has 1 aromatic heterocycles. The number of hydrogen-bond acceptors (Lipinski definition) is 1. The summed E-state index contributed by atoms with van der Waals surface area (Å²) in [6.07, 6.45) is 4.19. The molecule has 0 bridgehead atoms. The SMILES string of the molecule is Cn1c(CCC2(N)CC2)cc2c(F)cccc21. The molecule has 3 rings (SSSR count). The van der Waals surface area contributed by atoms with Gasteiger partial charge in [-0.2, -0.15) is 0 Å². The highest BCUT2D eigenvalue weighted by atomic mass is 19.1. The molecule has 1 aromatic carbocycles. The van der Waals surface area contributed by atoms with E-state index in [-0.39, 0.29) is 11.4 Å². The zero-order chi connectivity index (χ0) is 12.0. The van der Waals surface area contributed by atoms with Crippen LogP contribution in [0.15, 0.2) is 24.3 Å².